The number of esters is 1. The molecule has 0 saturated carbocycles. The molecule has 1 aromatic carbocycles. The largest absolute Gasteiger partial charge is 0.430 e. The van der Waals surface area contributed by atoms with Crippen LogP contribution in [0.5, 0.6) is 0 Å². The van der Waals surface area contributed by atoms with Crippen LogP contribution in [0.2, 0.25) is 0 Å². The van der Waals surface area contributed by atoms with Crippen LogP contribution >= 0.6 is 0 Å². The number of carbonyl (C=O) groups excluding carboxylic acids is 2. The highest BCUT2D eigenvalue weighted by Gasteiger charge is 2.39. The van der Waals surface area contributed by atoms with E-state index in [1.807, 2.05) is 27.7 Å². The lowest BCUT2D eigenvalue weighted by Crippen LogP contribution is -2.16. The van der Waals surface area contributed by atoms with Gasteiger partial charge in [0.25, 0.3) is 0 Å². The summed E-state index contributed by atoms with van der Waals surface area (Å²) in [5.41, 5.74) is 4.82. The molecule has 0 radical (unpaired) electrons. The summed E-state index contributed by atoms with van der Waals surface area (Å²) < 4.78 is 11.2. The molecular formula is C23H30O4. The zero-order valence-corrected chi connectivity index (χ0v) is 17.1. The normalized spacial score (nSPS) is 22.8. The third-order valence-corrected chi connectivity index (χ3v) is 5.59. The number of ether oxygens (including phenoxy) is 2. The van der Waals surface area contributed by atoms with Gasteiger partial charge in [0, 0.05) is 25.6 Å². The summed E-state index contributed by atoms with van der Waals surface area (Å²) in [6.07, 6.45) is 2.31. The van der Waals surface area contributed by atoms with Crippen LogP contribution in [0.3, 0.4) is 0 Å². The second-order valence-corrected chi connectivity index (χ2v) is 8.38. The van der Waals surface area contributed by atoms with Crippen molar-refractivity contribution in [1.82, 2.24) is 0 Å². The lowest BCUT2D eigenvalue weighted by molar-refractivity contribution is -0.143. The van der Waals surface area contributed by atoms with Gasteiger partial charge in [0.2, 0.25) is 0 Å². The average molecular weight is 370 g/mol. The van der Waals surface area contributed by atoms with E-state index >= 15 is 0 Å². The summed E-state index contributed by atoms with van der Waals surface area (Å²) in [6, 6.07) is 4.17. The number of hydrogen-bond acceptors (Lipinski definition) is 4. The predicted molar refractivity (Wildman–Crippen MR) is 105 cm³/mol. The smallest absolute Gasteiger partial charge is 0.313 e. The Labute approximate surface area is 161 Å². The summed E-state index contributed by atoms with van der Waals surface area (Å²) in [5, 5.41) is 0. The summed E-state index contributed by atoms with van der Waals surface area (Å²) in [4.78, 5) is 25.6. The third kappa shape index (κ3) is 4.16. The van der Waals surface area contributed by atoms with Gasteiger partial charge in [-0.05, 0) is 56.2 Å². The number of benzene rings is 1. The topological polar surface area (TPSA) is 52.6 Å². The van der Waals surface area contributed by atoms with E-state index in [9.17, 15) is 9.59 Å². The first-order chi connectivity index (χ1) is 12.8. The maximum atomic E-state index is 13.4. The summed E-state index contributed by atoms with van der Waals surface area (Å²) >= 11 is 0. The van der Waals surface area contributed by atoms with Gasteiger partial charge >= 0.3 is 5.97 Å². The van der Waals surface area contributed by atoms with Gasteiger partial charge in [-0.3, -0.25) is 9.59 Å². The monoisotopic (exact) mass is 370 g/mol. The highest BCUT2D eigenvalue weighted by Crippen LogP contribution is 2.42. The number of rotatable bonds is 5. The van der Waals surface area contributed by atoms with Gasteiger partial charge < -0.3 is 9.47 Å². The molecule has 1 aliphatic carbocycles. The van der Waals surface area contributed by atoms with Crippen molar-refractivity contribution < 1.29 is 19.1 Å². The number of hydrogen-bond donors (Lipinski definition) is 0. The van der Waals surface area contributed by atoms with Crippen molar-refractivity contribution >= 4 is 17.3 Å². The molecule has 146 valence electrons. The molecule has 1 fully saturated rings. The molecule has 1 aromatic rings. The number of aryl methyl sites for hydroxylation is 3. The van der Waals surface area contributed by atoms with E-state index in [0.29, 0.717) is 23.7 Å². The van der Waals surface area contributed by atoms with Crippen LogP contribution in [0.1, 0.15) is 55.4 Å². The van der Waals surface area contributed by atoms with Crippen LogP contribution < -0.4 is 0 Å². The van der Waals surface area contributed by atoms with Gasteiger partial charge in [0.15, 0.2) is 5.78 Å². The van der Waals surface area contributed by atoms with Crippen molar-refractivity contribution in [1.29, 1.82) is 0 Å². The second kappa shape index (κ2) is 7.97. The summed E-state index contributed by atoms with van der Waals surface area (Å²) in [5.74, 6) is 0.461. The molecule has 27 heavy (non-hydrogen) atoms. The first-order valence-corrected chi connectivity index (χ1v) is 9.93. The fraction of sp³-hybridized carbons (Fsp3) is 0.565. The molecule has 1 saturated heterocycles. The standard InChI is InChI=1S/C23H30O4/c1-13(2)23(25)27-19-11-18(10-17-6-7-26-12-17)22(24)21(19)20-15(4)8-14(3)9-16(20)5/h8-9,13,17-18H,6-7,10-12H2,1-5H3. The molecule has 0 spiro atoms. The van der Waals surface area contributed by atoms with Gasteiger partial charge in [-0.25, -0.2) is 0 Å². The van der Waals surface area contributed by atoms with Crippen molar-refractivity contribution in [3.8, 4) is 0 Å². The quantitative estimate of drug-likeness (QED) is 0.714. The van der Waals surface area contributed by atoms with Crippen molar-refractivity contribution in [3.05, 3.63) is 40.1 Å². The van der Waals surface area contributed by atoms with Crippen LogP contribution in [0.25, 0.3) is 5.57 Å². The maximum absolute atomic E-state index is 13.4. The number of ketones is 1. The Morgan fingerprint density at radius 3 is 2.44 bits per heavy atom. The van der Waals surface area contributed by atoms with Gasteiger partial charge in [0.05, 0.1) is 11.5 Å². The van der Waals surface area contributed by atoms with Crippen molar-refractivity contribution in [2.75, 3.05) is 13.2 Å². The molecule has 0 aromatic heterocycles. The molecule has 0 N–H and O–H groups in total. The van der Waals surface area contributed by atoms with E-state index < -0.39 is 0 Å². The van der Waals surface area contributed by atoms with Crippen LogP contribution in [-0.4, -0.2) is 25.0 Å². The number of allylic oxidation sites excluding steroid dienone is 2. The van der Waals surface area contributed by atoms with Crippen molar-refractivity contribution in [2.45, 2.75) is 53.9 Å². The molecule has 3 rings (SSSR count). The first kappa shape index (κ1) is 19.8. The lowest BCUT2D eigenvalue weighted by atomic mass is 9.87. The Kier molecular flexibility index (Phi) is 5.85. The minimum atomic E-state index is -0.275. The molecule has 2 aliphatic rings. The number of carbonyl (C=O) groups is 2. The lowest BCUT2D eigenvalue weighted by Gasteiger charge is -2.15. The van der Waals surface area contributed by atoms with Gasteiger partial charge in [-0.2, -0.15) is 0 Å². The Morgan fingerprint density at radius 1 is 1.22 bits per heavy atom. The minimum Gasteiger partial charge on any atom is -0.430 e. The van der Waals surface area contributed by atoms with Crippen LogP contribution in [0.15, 0.2) is 17.9 Å². The van der Waals surface area contributed by atoms with E-state index in [1.165, 1.54) is 5.56 Å². The van der Waals surface area contributed by atoms with Crippen LogP contribution in [0, 0.1) is 38.5 Å². The molecule has 4 heteroatoms. The molecular weight excluding hydrogens is 340 g/mol. The van der Waals surface area contributed by atoms with E-state index in [1.54, 1.807) is 0 Å². The van der Waals surface area contributed by atoms with E-state index in [2.05, 4.69) is 19.1 Å². The van der Waals surface area contributed by atoms with E-state index in [4.69, 9.17) is 9.47 Å². The zero-order valence-electron chi connectivity index (χ0n) is 17.1. The zero-order chi connectivity index (χ0) is 19.7. The number of Topliss-reactive ketones (excluding diaryl/α,β-unsaturated/α-hetero) is 1. The first-order valence-electron chi connectivity index (χ1n) is 9.93. The van der Waals surface area contributed by atoms with E-state index in [0.717, 1.165) is 42.7 Å². The van der Waals surface area contributed by atoms with Gasteiger partial charge in [-0.1, -0.05) is 31.5 Å². The van der Waals surface area contributed by atoms with Crippen molar-refractivity contribution in [3.63, 3.8) is 0 Å². The fourth-order valence-corrected chi connectivity index (χ4v) is 4.29. The Morgan fingerprint density at radius 2 is 1.89 bits per heavy atom. The molecule has 1 aliphatic heterocycles. The maximum Gasteiger partial charge on any atom is 0.313 e. The molecule has 1 heterocycles. The Hall–Kier alpha value is -1.94. The fourth-order valence-electron chi connectivity index (χ4n) is 4.29. The Balaban J connectivity index is 1.98. The molecule has 2 atom stereocenters. The van der Waals surface area contributed by atoms with Crippen LogP contribution in [0.4, 0.5) is 0 Å². The second-order valence-electron chi connectivity index (χ2n) is 8.38. The van der Waals surface area contributed by atoms with E-state index in [-0.39, 0.29) is 23.6 Å². The highest BCUT2D eigenvalue weighted by atomic mass is 16.5. The minimum absolute atomic E-state index is 0.114. The third-order valence-electron chi connectivity index (χ3n) is 5.59. The molecule has 4 nitrogen and oxygen atoms in total. The molecule has 2 unspecified atom stereocenters. The highest BCUT2D eigenvalue weighted by molar-refractivity contribution is 6.25. The summed E-state index contributed by atoms with van der Waals surface area (Å²) in [7, 11) is 0. The molecule has 0 amide bonds. The van der Waals surface area contributed by atoms with Crippen LogP contribution in [-0.2, 0) is 19.1 Å². The predicted octanol–water partition coefficient (Wildman–Crippen LogP) is 4.54. The van der Waals surface area contributed by atoms with Gasteiger partial charge in [0.1, 0.15) is 5.76 Å². The van der Waals surface area contributed by atoms with Gasteiger partial charge in [-0.15, -0.1) is 0 Å². The average Bonchev–Trinajstić information content (AvgIpc) is 3.18. The van der Waals surface area contributed by atoms with Crippen molar-refractivity contribution in [2.24, 2.45) is 17.8 Å². The summed E-state index contributed by atoms with van der Waals surface area (Å²) in [6.45, 7) is 11.2. The Bertz CT molecular complexity index is 759. The SMILES string of the molecule is Cc1cc(C)c(C2=C(OC(=O)C(C)C)CC(CC3CCOC3)C2=O)c(C)c1. The molecule has 0 bridgehead atoms.